The van der Waals surface area contributed by atoms with Crippen molar-refractivity contribution < 1.29 is 4.79 Å². The van der Waals surface area contributed by atoms with Gasteiger partial charge in [0.1, 0.15) is 0 Å². The average Bonchev–Trinajstić information content (AvgIpc) is 2.36. The van der Waals surface area contributed by atoms with Crippen LogP contribution in [0.25, 0.3) is 10.9 Å². The van der Waals surface area contributed by atoms with E-state index in [2.05, 4.69) is 30.1 Å². The van der Waals surface area contributed by atoms with E-state index in [1.54, 1.807) is 0 Å². The summed E-state index contributed by atoms with van der Waals surface area (Å²) in [5.41, 5.74) is 8.44. The van der Waals surface area contributed by atoms with Gasteiger partial charge in [-0.1, -0.05) is 25.5 Å². The number of carbonyl (C=O) groups excluding carboxylic acids is 1. The molecule has 0 bridgehead atoms. The molecule has 0 fully saturated rings. The van der Waals surface area contributed by atoms with Gasteiger partial charge in [-0.2, -0.15) is 0 Å². The van der Waals surface area contributed by atoms with E-state index in [1.165, 1.54) is 0 Å². The van der Waals surface area contributed by atoms with Crippen molar-refractivity contribution in [2.75, 3.05) is 0 Å². The first kappa shape index (κ1) is 12.6. The molecule has 3 nitrogen and oxygen atoms in total. The highest BCUT2D eigenvalue weighted by Gasteiger charge is 2.01. The Kier molecular flexibility index (Phi) is 3.92. The number of carbonyl (C=O) groups is 1. The second kappa shape index (κ2) is 5.63. The van der Waals surface area contributed by atoms with Crippen molar-refractivity contribution in [3.63, 3.8) is 0 Å². The van der Waals surface area contributed by atoms with Crippen LogP contribution in [-0.4, -0.2) is 10.9 Å². The molecule has 1 aromatic heterocycles. The van der Waals surface area contributed by atoms with Gasteiger partial charge in [-0.15, -0.1) is 0 Å². The second-order valence-corrected chi connectivity index (χ2v) is 4.55. The fraction of sp³-hybridized carbons (Fsp3) is 0.333. The summed E-state index contributed by atoms with van der Waals surface area (Å²) in [5.74, 6) is -0.258. The van der Waals surface area contributed by atoms with Crippen molar-refractivity contribution in [2.45, 2.75) is 32.6 Å². The minimum Gasteiger partial charge on any atom is -0.370 e. The van der Waals surface area contributed by atoms with Crippen molar-refractivity contribution >= 4 is 16.8 Å². The smallest absolute Gasteiger partial charge is 0.217 e. The van der Waals surface area contributed by atoms with Crippen molar-refractivity contribution in [3.05, 3.63) is 41.6 Å². The van der Waals surface area contributed by atoms with E-state index in [-0.39, 0.29) is 5.91 Å². The molecule has 1 heterocycles. The predicted octanol–water partition coefficient (Wildman–Crippen LogP) is 2.61. The van der Waals surface area contributed by atoms with Gasteiger partial charge >= 0.3 is 0 Å². The lowest BCUT2D eigenvalue weighted by atomic mass is 10.1. The predicted molar refractivity (Wildman–Crippen MR) is 73.3 cm³/mol. The van der Waals surface area contributed by atoms with Crippen LogP contribution in [0.4, 0.5) is 0 Å². The fourth-order valence-corrected chi connectivity index (χ4v) is 2.04. The molecule has 0 spiro atoms. The average molecular weight is 242 g/mol. The first-order valence-corrected chi connectivity index (χ1v) is 6.36. The molecule has 1 amide bonds. The van der Waals surface area contributed by atoms with Gasteiger partial charge in [0.25, 0.3) is 0 Å². The zero-order valence-electron chi connectivity index (χ0n) is 10.6. The van der Waals surface area contributed by atoms with Gasteiger partial charge in [0, 0.05) is 17.5 Å². The van der Waals surface area contributed by atoms with Gasteiger partial charge in [-0.05, 0) is 36.6 Å². The molecule has 0 saturated heterocycles. The number of nitrogens with two attached hydrogens (primary N) is 1. The topological polar surface area (TPSA) is 56.0 Å². The maximum absolute atomic E-state index is 10.8. The highest BCUT2D eigenvalue weighted by molar-refractivity contribution is 5.80. The SMILES string of the molecule is CCCc1ccc2cc(CCC(N)=O)ccc2n1. The van der Waals surface area contributed by atoms with Crippen molar-refractivity contribution in [1.29, 1.82) is 0 Å². The Morgan fingerprint density at radius 2 is 2.06 bits per heavy atom. The normalized spacial score (nSPS) is 10.7. The number of hydrogen-bond acceptors (Lipinski definition) is 2. The summed E-state index contributed by atoms with van der Waals surface area (Å²) in [6.07, 6.45) is 3.21. The highest BCUT2D eigenvalue weighted by Crippen LogP contribution is 2.16. The van der Waals surface area contributed by atoms with Gasteiger partial charge in [0.15, 0.2) is 0 Å². The molecule has 18 heavy (non-hydrogen) atoms. The maximum Gasteiger partial charge on any atom is 0.217 e. The standard InChI is InChI=1S/C15H18N2O/c1-2-3-13-7-6-12-10-11(5-9-15(16)18)4-8-14(12)17-13/h4,6-8,10H,2-3,5,9H2,1H3,(H2,16,18). The molecule has 0 aliphatic carbocycles. The first-order chi connectivity index (χ1) is 8.69. The van der Waals surface area contributed by atoms with E-state index in [0.717, 1.165) is 35.0 Å². The lowest BCUT2D eigenvalue weighted by Crippen LogP contribution is -2.11. The monoisotopic (exact) mass is 242 g/mol. The number of amides is 1. The molecule has 0 unspecified atom stereocenters. The number of rotatable bonds is 5. The minimum atomic E-state index is -0.258. The Labute approximate surface area is 107 Å². The molecule has 0 saturated carbocycles. The van der Waals surface area contributed by atoms with Crippen LogP contribution in [0.3, 0.4) is 0 Å². The van der Waals surface area contributed by atoms with Crippen molar-refractivity contribution in [3.8, 4) is 0 Å². The lowest BCUT2D eigenvalue weighted by molar-refractivity contribution is -0.117. The van der Waals surface area contributed by atoms with Gasteiger partial charge in [0.05, 0.1) is 5.52 Å². The zero-order chi connectivity index (χ0) is 13.0. The van der Waals surface area contributed by atoms with Crippen LogP contribution < -0.4 is 5.73 Å². The van der Waals surface area contributed by atoms with Crippen molar-refractivity contribution in [2.24, 2.45) is 5.73 Å². The molecule has 0 aliphatic rings. The molecule has 2 N–H and O–H groups in total. The summed E-state index contributed by atoms with van der Waals surface area (Å²) in [5, 5.41) is 1.12. The van der Waals surface area contributed by atoms with Crippen LogP contribution in [-0.2, 0) is 17.6 Å². The van der Waals surface area contributed by atoms with E-state index in [1.807, 2.05) is 12.1 Å². The molecule has 2 aromatic rings. The Hall–Kier alpha value is -1.90. The van der Waals surface area contributed by atoms with E-state index in [9.17, 15) is 4.79 Å². The third-order valence-electron chi connectivity index (χ3n) is 2.98. The van der Waals surface area contributed by atoms with Crippen LogP contribution >= 0.6 is 0 Å². The number of nitrogens with zero attached hydrogens (tertiary/aromatic N) is 1. The summed E-state index contributed by atoms with van der Waals surface area (Å²) in [6, 6.07) is 10.3. The fourth-order valence-electron chi connectivity index (χ4n) is 2.04. The molecular formula is C15H18N2O. The van der Waals surface area contributed by atoms with E-state index in [4.69, 9.17) is 5.73 Å². The van der Waals surface area contributed by atoms with E-state index >= 15 is 0 Å². The number of benzene rings is 1. The zero-order valence-corrected chi connectivity index (χ0v) is 10.6. The summed E-state index contributed by atoms with van der Waals surface area (Å²) >= 11 is 0. The largest absolute Gasteiger partial charge is 0.370 e. The molecule has 0 aliphatic heterocycles. The van der Waals surface area contributed by atoms with Crippen LogP contribution in [0.15, 0.2) is 30.3 Å². The third-order valence-corrected chi connectivity index (χ3v) is 2.98. The molecule has 1 aromatic carbocycles. The first-order valence-electron chi connectivity index (χ1n) is 6.36. The van der Waals surface area contributed by atoms with Crippen LogP contribution in [0.5, 0.6) is 0 Å². The highest BCUT2D eigenvalue weighted by atomic mass is 16.1. The Morgan fingerprint density at radius 3 is 2.78 bits per heavy atom. The van der Waals surface area contributed by atoms with Gasteiger partial charge in [0.2, 0.25) is 5.91 Å². The number of aromatic nitrogens is 1. The van der Waals surface area contributed by atoms with Gasteiger partial charge in [-0.3, -0.25) is 9.78 Å². The quantitative estimate of drug-likeness (QED) is 0.876. The molecule has 94 valence electrons. The van der Waals surface area contributed by atoms with E-state index < -0.39 is 0 Å². The van der Waals surface area contributed by atoms with Crippen LogP contribution in [0.1, 0.15) is 31.0 Å². The molecular weight excluding hydrogens is 224 g/mol. The molecule has 0 atom stereocenters. The summed E-state index contributed by atoms with van der Waals surface area (Å²) < 4.78 is 0. The summed E-state index contributed by atoms with van der Waals surface area (Å²) in [4.78, 5) is 15.4. The molecule has 0 radical (unpaired) electrons. The molecule has 2 rings (SSSR count). The van der Waals surface area contributed by atoms with Gasteiger partial charge < -0.3 is 5.73 Å². The number of aryl methyl sites for hydroxylation is 2. The maximum atomic E-state index is 10.8. The van der Waals surface area contributed by atoms with Gasteiger partial charge in [-0.25, -0.2) is 0 Å². The summed E-state index contributed by atoms with van der Waals surface area (Å²) in [6.45, 7) is 2.15. The Bertz CT molecular complexity index is 563. The number of pyridine rings is 1. The summed E-state index contributed by atoms with van der Waals surface area (Å²) in [7, 11) is 0. The number of hydrogen-bond donors (Lipinski definition) is 1. The lowest BCUT2D eigenvalue weighted by Gasteiger charge is -2.04. The van der Waals surface area contributed by atoms with Crippen LogP contribution in [0, 0.1) is 0 Å². The number of fused-ring (bicyclic) bond motifs is 1. The Balaban J connectivity index is 2.23. The van der Waals surface area contributed by atoms with Crippen molar-refractivity contribution in [1.82, 2.24) is 4.98 Å². The minimum absolute atomic E-state index is 0.258. The van der Waals surface area contributed by atoms with E-state index in [0.29, 0.717) is 12.8 Å². The van der Waals surface area contributed by atoms with Crippen LogP contribution in [0.2, 0.25) is 0 Å². The number of primary amides is 1. The molecule has 3 heteroatoms. The third kappa shape index (κ3) is 3.06. The second-order valence-electron chi connectivity index (χ2n) is 4.55. The Morgan fingerprint density at radius 1 is 1.22 bits per heavy atom.